The summed E-state index contributed by atoms with van der Waals surface area (Å²) in [5.74, 6) is -0.113. The fraction of sp³-hybridized carbons (Fsp3) is 0.533. The minimum atomic E-state index is -4.37. The number of rotatable bonds is 5. The van der Waals surface area contributed by atoms with Crippen molar-refractivity contribution in [2.45, 2.75) is 31.2 Å². The molecule has 0 aromatic heterocycles. The van der Waals surface area contributed by atoms with Gasteiger partial charge in [0.15, 0.2) is 9.84 Å². The molecular weight excluding hydrogens is 331 g/mol. The minimum absolute atomic E-state index is 0.0608. The SMILES string of the molecule is CCS(=O)(=O)C1CN(C(=O)CCc2ccc(C(F)(F)F)cc2)C1. The molecule has 0 atom stereocenters. The van der Waals surface area contributed by atoms with E-state index in [1.807, 2.05) is 0 Å². The molecule has 1 aromatic rings. The summed E-state index contributed by atoms with van der Waals surface area (Å²) in [4.78, 5) is 13.4. The Hall–Kier alpha value is -1.57. The third kappa shape index (κ3) is 4.25. The van der Waals surface area contributed by atoms with Gasteiger partial charge in [0.25, 0.3) is 0 Å². The van der Waals surface area contributed by atoms with Crippen LogP contribution in [0.2, 0.25) is 0 Å². The highest BCUT2D eigenvalue weighted by Crippen LogP contribution is 2.29. The Labute approximate surface area is 133 Å². The molecule has 0 radical (unpaired) electrons. The number of benzene rings is 1. The molecule has 1 aromatic carbocycles. The first-order valence-electron chi connectivity index (χ1n) is 7.29. The Morgan fingerprint density at radius 1 is 1.22 bits per heavy atom. The molecule has 1 heterocycles. The topological polar surface area (TPSA) is 54.5 Å². The number of halogens is 3. The van der Waals surface area contributed by atoms with Gasteiger partial charge >= 0.3 is 6.18 Å². The molecule has 2 rings (SSSR count). The standard InChI is InChI=1S/C15H18F3NO3S/c1-2-23(21,22)13-9-19(10-13)14(20)8-5-11-3-6-12(7-4-11)15(16,17)18/h3-4,6-7,13H,2,5,8-10H2,1H3. The van der Waals surface area contributed by atoms with E-state index in [4.69, 9.17) is 0 Å². The maximum Gasteiger partial charge on any atom is 0.416 e. The van der Waals surface area contributed by atoms with Gasteiger partial charge in [-0.2, -0.15) is 13.2 Å². The van der Waals surface area contributed by atoms with Crippen LogP contribution in [0.3, 0.4) is 0 Å². The summed E-state index contributed by atoms with van der Waals surface area (Å²) in [6, 6.07) is 4.70. The van der Waals surface area contributed by atoms with Gasteiger partial charge < -0.3 is 4.90 Å². The van der Waals surface area contributed by atoms with Gasteiger partial charge in [-0.15, -0.1) is 0 Å². The smallest absolute Gasteiger partial charge is 0.340 e. The summed E-state index contributed by atoms with van der Waals surface area (Å²) in [5, 5.41) is -0.484. The summed E-state index contributed by atoms with van der Waals surface area (Å²) in [6.45, 7) is 1.99. The van der Waals surface area contributed by atoms with Crippen molar-refractivity contribution in [3.8, 4) is 0 Å². The molecule has 4 nitrogen and oxygen atoms in total. The van der Waals surface area contributed by atoms with E-state index in [2.05, 4.69) is 0 Å². The van der Waals surface area contributed by atoms with E-state index in [-0.39, 0.29) is 31.2 Å². The van der Waals surface area contributed by atoms with Crippen molar-refractivity contribution >= 4 is 15.7 Å². The third-order valence-corrected chi connectivity index (χ3v) is 6.14. The van der Waals surface area contributed by atoms with Crippen LogP contribution >= 0.6 is 0 Å². The fourth-order valence-corrected chi connectivity index (χ4v) is 3.66. The van der Waals surface area contributed by atoms with Crippen molar-refractivity contribution in [2.24, 2.45) is 0 Å². The number of nitrogens with zero attached hydrogens (tertiary/aromatic N) is 1. The highest BCUT2D eigenvalue weighted by molar-refractivity contribution is 7.92. The monoisotopic (exact) mass is 349 g/mol. The van der Waals surface area contributed by atoms with Crippen LogP contribution in [-0.2, 0) is 27.2 Å². The van der Waals surface area contributed by atoms with Crippen LogP contribution in [0, 0.1) is 0 Å². The lowest BCUT2D eigenvalue weighted by atomic mass is 10.1. The van der Waals surface area contributed by atoms with Crippen molar-refractivity contribution in [3.63, 3.8) is 0 Å². The second kappa shape index (κ2) is 6.51. The van der Waals surface area contributed by atoms with Gasteiger partial charge in [0.2, 0.25) is 5.91 Å². The summed E-state index contributed by atoms with van der Waals surface area (Å²) in [6.07, 6.45) is -3.88. The second-order valence-corrected chi connectivity index (χ2v) is 8.14. The van der Waals surface area contributed by atoms with Crippen molar-refractivity contribution in [2.75, 3.05) is 18.8 Å². The average molecular weight is 349 g/mol. The molecule has 1 aliphatic heterocycles. The van der Waals surface area contributed by atoms with E-state index in [1.165, 1.54) is 17.0 Å². The van der Waals surface area contributed by atoms with Gasteiger partial charge in [0.1, 0.15) is 0 Å². The van der Waals surface area contributed by atoms with Crippen LogP contribution in [0.4, 0.5) is 13.2 Å². The largest absolute Gasteiger partial charge is 0.416 e. The summed E-state index contributed by atoms with van der Waals surface area (Å²) < 4.78 is 60.6. The maximum atomic E-state index is 12.4. The number of hydrogen-bond donors (Lipinski definition) is 0. The van der Waals surface area contributed by atoms with Crippen LogP contribution < -0.4 is 0 Å². The predicted molar refractivity (Wildman–Crippen MR) is 79.6 cm³/mol. The number of aryl methyl sites for hydroxylation is 1. The normalized spacial score (nSPS) is 16.3. The number of hydrogen-bond acceptors (Lipinski definition) is 3. The van der Waals surface area contributed by atoms with E-state index in [1.54, 1.807) is 6.92 Å². The maximum absolute atomic E-state index is 12.4. The van der Waals surface area contributed by atoms with Crippen molar-refractivity contribution in [3.05, 3.63) is 35.4 Å². The van der Waals surface area contributed by atoms with Gasteiger partial charge in [0.05, 0.1) is 10.8 Å². The highest BCUT2D eigenvalue weighted by Gasteiger charge is 2.38. The molecular formula is C15H18F3NO3S. The molecule has 0 spiro atoms. The van der Waals surface area contributed by atoms with Crippen LogP contribution in [0.25, 0.3) is 0 Å². The summed E-state index contributed by atoms with van der Waals surface area (Å²) in [5.41, 5.74) is -0.0764. The van der Waals surface area contributed by atoms with Gasteiger partial charge in [-0.1, -0.05) is 19.1 Å². The molecule has 1 saturated heterocycles. The number of carbonyl (C=O) groups is 1. The predicted octanol–water partition coefficient (Wildman–Crippen LogP) is 2.28. The van der Waals surface area contributed by atoms with E-state index in [9.17, 15) is 26.4 Å². The first kappa shape index (κ1) is 17.8. The van der Waals surface area contributed by atoms with E-state index >= 15 is 0 Å². The first-order valence-corrected chi connectivity index (χ1v) is 9.00. The quantitative estimate of drug-likeness (QED) is 0.820. The Morgan fingerprint density at radius 2 is 1.78 bits per heavy atom. The number of sulfone groups is 1. The average Bonchev–Trinajstić information content (AvgIpc) is 2.42. The van der Waals surface area contributed by atoms with Crippen molar-refractivity contribution < 1.29 is 26.4 Å². The van der Waals surface area contributed by atoms with Crippen molar-refractivity contribution in [1.29, 1.82) is 0 Å². The zero-order valence-electron chi connectivity index (χ0n) is 12.6. The zero-order valence-corrected chi connectivity index (χ0v) is 13.5. The van der Waals surface area contributed by atoms with Crippen LogP contribution in [0.1, 0.15) is 24.5 Å². The van der Waals surface area contributed by atoms with Gasteiger partial charge in [-0.3, -0.25) is 4.79 Å². The lowest BCUT2D eigenvalue weighted by Gasteiger charge is -2.38. The Bertz CT molecular complexity index is 662. The molecule has 1 fully saturated rings. The van der Waals surface area contributed by atoms with Gasteiger partial charge in [-0.25, -0.2) is 8.42 Å². The van der Waals surface area contributed by atoms with Crippen LogP contribution in [-0.4, -0.2) is 43.3 Å². The Morgan fingerprint density at radius 3 is 2.26 bits per heavy atom. The molecule has 0 aliphatic carbocycles. The molecule has 1 aliphatic rings. The van der Waals surface area contributed by atoms with Crippen LogP contribution in [0.15, 0.2) is 24.3 Å². The molecule has 0 saturated carbocycles. The molecule has 0 bridgehead atoms. The first-order chi connectivity index (χ1) is 10.6. The number of carbonyl (C=O) groups excluding carboxylic acids is 1. The third-order valence-electron chi connectivity index (χ3n) is 4.02. The van der Waals surface area contributed by atoms with Gasteiger partial charge in [-0.05, 0) is 24.1 Å². The Balaban J connectivity index is 1.82. The summed E-state index contributed by atoms with van der Waals surface area (Å²) >= 11 is 0. The number of likely N-dealkylation sites (tertiary alicyclic amines) is 1. The Kier molecular flexibility index (Phi) is 5.03. The molecule has 128 valence electrons. The van der Waals surface area contributed by atoms with Crippen LogP contribution in [0.5, 0.6) is 0 Å². The van der Waals surface area contributed by atoms with E-state index < -0.39 is 26.8 Å². The van der Waals surface area contributed by atoms with Crippen molar-refractivity contribution in [1.82, 2.24) is 4.90 Å². The highest BCUT2D eigenvalue weighted by atomic mass is 32.2. The number of amides is 1. The van der Waals surface area contributed by atoms with E-state index in [0.717, 1.165) is 12.1 Å². The molecule has 0 N–H and O–H groups in total. The second-order valence-electron chi connectivity index (χ2n) is 5.57. The lowest BCUT2D eigenvalue weighted by molar-refractivity contribution is -0.137. The fourth-order valence-electron chi connectivity index (χ4n) is 2.37. The molecule has 0 unspecified atom stereocenters. The number of alkyl halides is 3. The molecule has 1 amide bonds. The molecule has 23 heavy (non-hydrogen) atoms. The minimum Gasteiger partial charge on any atom is -0.340 e. The van der Waals surface area contributed by atoms with E-state index in [0.29, 0.717) is 12.0 Å². The lowest BCUT2D eigenvalue weighted by Crippen LogP contribution is -2.57. The zero-order chi connectivity index (χ0) is 17.3. The summed E-state index contributed by atoms with van der Waals surface area (Å²) in [7, 11) is -3.11. The van der Waals surface area contributed by atoms with Gasteiger partial charge in [0, 0.05) is 25.3 Å². The molecule has 8 heteroatoms.